The van der Waals surface area contributed by atoms with Crippen LogP contribution in [0, 0.1) is 23.2 Å². The fourth-order valence-electron chi connectivity index (χ4n) is 6.46. The number of halogens is 2. The molecule has 2 aliphatic rings. The topological polar surface area (TPSA) is 122 Å². The average Bonchev–Trinajstić information content (AvgIpc) is 3.51. The Morgan fingerprint density at radius 1 is 1.09 bits per heavy atom. The lowest BCUT2D eigenvalue weighted by molar-refractivity contribution is -0.240. The van der Waals surface area contributed by atoms with Gasteiger partial charge in [-0.25, -0.2) is 9.97 Å². The number of hydrogen-bond acceptors (Lipinski definition) is 8. The molecule has 4 heterocycles. The second-order valence-electron chi connectivity index (χ2n) is 12.1. The van der Waals surface area contributed by atoms with Gasteiger partial charge >= 0.3 is 6.11 Å². The number of morpholine rings is 1. The molecule has 2 fully saturated rings. The first-order chi connectivity index (χ1) is 22.3. The van der Waals surface area contributed by atoms with Crippen molar-refractivity contribution in [3.63, 3.8) is 0 Å². The van der Waals surface area contributed by atoms with Crippen LogP contribution >= 0.6 is 0 Å². The third kappa shape index (κ3) is 7.37. The van der Waals surface area contributed by atoms with Crippen molar-refractivity contribution in [1.29, 1.82) is 5.26 Å². The van der Waals surface area contributed by atoms with Crippen LogP contribution in [0.1, 0.15) is 54.2 Å². The molecule has 1 saturated carbocycles. The zero-order chi connectivity index (χ0) is 32.1. The largest absolute Gasteiger partial charge is 0.373 e. The number of carbonyl (C=O) groups is 1. The number of rotatable bonds is 9. The molecule has 0 radical (unpaired) electrons. The second kappa shape index (κ2) is 13.7. The number of nitriles is 1. The van der Waals surface area contributed by atoms with Gasteiger partial charge in [0.1, 0.15) is 24.0 Å². The Hall–Kier alpha value is -4.76. The maximum atomic E-state index is 13.9. The number of alkyl halides is 2. The van der Waals surface area contributed by atoms with E-state index in [-0.39, 0.29) is 42.3 Å². The van der Waals surface area contributed by atoms with Crippen LogP contribution in [0.25, 0.3) is 11.1 Å². The van der Waals surface area contributed by atoms with E-state index >= 15 is 0 Å². The number of ether oxygens (including phenoxy) is 1. The summed E-state index contributed by atoms with van der Waals surface area (Å²) >= 11 is 0. The number of nitrogens with zero attached hydrogens (tertiary/aromatic N) is 7. The molecule has 4 aromatic rings. The fraction of sp³-hybridized carbons (Fsp3) is 0.412. The van der Waals surface area contributed by atoms with Crippen molar-refractivity contribution in [3.05, 3.63) is 89.9 Å². The van der Waals surface area contributed by atoms with Gasteiger partial charge in [0.05, 0.1) is 30.6 Å². The third-order valence-corrected chi connectivity index (χ3v) is 8.86. The van der Waals surface area contributed by atoms with Gasteiger partial charge in [0.2, 0.25) is 5.91 Å². The minimum Gasteiger partial charge on any atom is -0.351 e. The monoisotopic (exact) mass is 626 g/mol. The van der Waals surface area contributed by atoms with Crippen molar-refractivity contribution < 1.29 is 18.3 Å². The average molecular weight is 627 g/mol. The summed E-state index contributed by atoms with van der Waals surface area (Å²) in [7, 11) is 1.87. The molecule has 1 aromatic carbocycles. The van der Waals surface area contributed by atoms with E-state index in [4.69, 9.17) is 4.98 Å². The Morgan fingerprint density at radius 3 is 2.57 bits per heavy atom. The van der Waals surface area contributed by atoms with E-state index in [0.29, 0.717) is 18.8 Å². The minimum absolute atomic E-state index is 0.0451. The third-order valence-electron chi connectivity index (χ3n) is 8.86. The first-order valence-corrected chi connectivity index (χ1v) is 15.6. The highest BCUT2D eigenvalue weighted by Gasteiger charge is 2.38. The summed E-state index contributed by atoms with van der Waals surface area (Å²) in [6.07, 6.45) is 7.56. The summed E-state index contributed by atoms with van der Waals surface area (Å²) < 4.78 is 34.2. The van der Waals surface area contributed by atoms with E-state index in [1.165, 1.54) is 11.1 Å². The van der Waals surface area contributed by atoms with Gasteiger partial charge in [-0.2, -0.15) is 19.1 Å². The summed E-state index contributed by atoms with van der Waals surface area (Å²) in [6.45, 7) is -0.153. The maximum Gasteiger partial charge on any atom is 0.373 e. The van der Waals surface area contributed by atoms with Gasteiger partial charge in [-0.1, -0.05) is 36.4 Å². The predicted molar refractivity (Wildman–Crippen MR) is 166 cm³/mol. The molecule has 0 spiro atoms. The Kier molecular flexibility index (Phi) is 9.30. The van der Waals surface area contributed by atoms with Crippen LogP contribution in [0.3, 0.4) is 0 Å². The molecule has 1 aliphatic carbocycles. The molecule has 238 valence electrons. The van der Waals surface area contributed by atoms with E-state index in [0.717, 1.165) is 48.1 Å². The van der Waals surface area contributed by atoms with Gasteiger partial charge in [0.15, 0.2) is 5.82 Å². The van der Waals surface area contributed by atoms with E-state index in [2.05, 4.69) is 25.1 Å². The smallest absolute Gasteiger partial charge is 0.351 e. The van der Waals surface area contributed by atoms with Crippen LogP contribution < -0.4 is 10.2 Å². The van der Waals surface area contributed by atoms with E-state index in [1.54, 1.807) is 17.1 Å². The summed E-state index contributed by atoms with van der Waals surface area (Å²) in [5.74, 6) is 0.649. The highest BCUT2D eigenvalue weighted by molar-refractivity contribution is 5.83. The molecule has 46 heavy (non-hydrogen) atoms. The van der Waals surface area contributed by atoms with Crippen molar-refractivity contribution in [1.82, 2.24) is 30.0 Å². The number of amides is 1. The Morgan fingerprint density at radius 2 is 1.89 bits per heavy atom. The number of nitrogens with one attached hydrogen (secondary N) is 1. The van der Waals surface area contributed by atoms with Crippen LogP contribution in [-0.4, -0.2) is 56.4 Å². The molecule has 1 aliphatic heterocycles. The van der Waals surface area contributed by atoms with Crippen LogP contribution in [0.5, 0.6) is 0 Å². The van der Waals surface area contributed by atoms with Gasteiger partial charge in [-0.15, -0.1) is 0 Å². The summed E-state index contributed by atoms with van der Waals surface area (Å²) in [6, 6.07) is 15.8. The highest BCUT2D eigenvalue weighted by Crippen LogP contribution is 2.39. The van der Waals surface area contributed by atoms with Gasteiger partial charge in [0.25, 0.3) is 0 Å². The van der Waals surface area contributed by atoms with Crippen molar-refractivity contribution in [2.45, 2.75) is 50.7 Å². The van der Waals surface area contributed by atoms with Gasteiger partial charge in [-0.3, -0.25) is 14.5 Å². The van der Waals surface area contributed by atoms with E-state index < -0.39 is 18.6 Å². The van der Waals surface area contributed by atoms with Crippen LogP contribution in [-0.2, 0) is 29.5 Å². The molecule has 6 rings (SSSR count). The Labute approximate surface area is 266 Å². The first kappa shape index (κ1) is 31.2. The van der Waals surface area contributed by atoms with Crippen molar-refractivity contribution in [2.24, 2.45) is 18.9 Å². The summed E-state index contributed by atoms with van der Waals surface area (Å²) in [4.78, 5) is 28.9. The molecule has 12 heteroatoms. The lowest BCUT2D eigenvalue weighted by Crippen LogP contribution is -2.47. The van der Waals surface area contributed by atoms with Gasteiger partial charge in [-0.05, 0) is 49.1 Å². The maximum absolute atomic E-state index is 13.9. The lowest BCUT2D eigenvalue weighted by atomic mass is 9.73. The summed E-state index contributed by atoms with van der Waals surface area (Å²) in [5, 5.41) is 17.0. The Bertz CT molecular complexity index is 1680. The number of aromatic nitrogens is 5. The Balaban J connectivity index is 1.15. The van der Waals surface area contributed by atoms with Crippen molar-refractivity contribution in [3.8, 4) is 17.2 Å². The number of benzene rings is 1. The van der Waals surface area contributed by atoms with Crippen LogP contribution in [0.15, 0.2) is 67.3 Å². The zero-order valence-corrected chi connectivity index (χ0v) is 25.6. The number of pyridine rings is 1. The SMILES string of the molecule is Cn1cc(-c2ccc(C(C(=O)NCc3ccccc3)[C@H]3CC[C@H](Cc4ncc(C#N)c(N5CCOC(F)(F)C5)n4)CC3)nc2)cn1. The molecule has 3 aromatic heterocycles. The molecule has 1 saturated heterocycles. The molecule has 1 amide bonds. The number of aryl methyl sites for hydroxylation is 1. The van der Waals surface area contributed by atoms with E-state index in [9.17, 15) is 18.8 Å². The number of carbonyl (C=O) groups excluding carboxylic acids is 1. The van der Waals surface area contributed by atoms with Crippen LogP contribution in [0.4, 0.5) is 14.6 Å². The molecular weight excluding hydrogens is 590 g/mol. The molecular formula is C34H36F2N8O2. The van der Waals surface area contributed by atoms with Gasteiger partial charge < -0.3 is 15.0 Å². The fourth-order valence-corrected chi connectivity index (χ4v) is 6.46. The van der Waals surface area contributed by atoms with E-state index in [1.807, 2.05) is 61.8 Å². The van der Waals surface area contributed by atoms with Crippen molar-refractivity contribution in [2.75, 3.05) is 24.6 Å². The lowest BCUT2D eigenvalue weighted by Gasteiger charge is -2.34. The normalized spacial score (nSPS) is 20.1. The minimum atomic E-state index is -3.30. The predicted octanol–water partition coefficient (Wildman–Crippen LogP) is 5.02. The first-order valence-electron chi connectivity index (χ1n) is 15.6. The zero-order valence-electron chi connectivity index (χ0n) is 25.6. The van der Waals surface area contributed by atoms with Crippen molar-refractivity contribution >= 4 is 11.7 Å². The number of anilines is 1. The second-order valence-corrected chi connectivity index (χ2v) is 12.1. The summed E-state index contributed by atoms with van der Waals surface area (Å²) in [5.41, 5.74) is 3.83. The molecule has 10 nitrogen and oxygen atoms in total. The standard InChI is InChI=1S/C34H36F2N8O2/c1-43-21-28(20-41-43)26-11-12-29(38-18-26)31(33(45)40-17-24-5-3-2-4-6-24)25-9-7-23(8-10-25)15-30-39-19-27(16-37)32(42-30)44-13-14-46-34(35,36)22-44/h2-6,11-12,18-21,23,25,31H,7-10,13-15,17,22H2,1H3,(H,40,45)/t23-,25-,31?. The molecule has 1 unspecified atom stereocenters. The molecule has 1 atom stereocenters. The highest BCUT2D eigenvalue weighted by atomic mass is 19.3. The number of hydrogen-bond donors (Lipinski definition) is 1. The molecule has 0 bridgehead atoms. The van der Waals surface area contributed by atoms with Crippen LogP contribution in [0.2, 0.25) is 0 Å². The quantitative estimate of drug-likeness (QED) is 0.275. The molecule has 1 N–H and O–H groups in total. The van der Waals surface area contributed by atoms with Gasteiger partial charge in [0, 0.05) is 50.1 Å².